The topological polar surface area (TPSA) is 28.7 Å². The van der Waals surface area contributed by atoms with Gasteiger partial charge in [0.1, 0.15) is 0 Å². The van der Waals surface area contributed by atoms with Crippen molar-refractivity contribution in [3.05, 3.63) is 102 Å². The highest BCUT2D eigenvalue weighted by atomic mass is 19.4. The normalized spacial score (nSPS) is 12.3. The molecule has 0 radical (unpaired) electrons. The molecule has 0 aliphatic carbocycles. The molecule has 0 N–H and O–H groups in total. The fourth-order valence-corrected chi connectivity index (χ4v) is 4.27. The average Bonchev–Trinajstić information content (AvgIpc) is 3.16. The molecule has 0 unspecified atom stereocenters. The van der Waals surface area contributed by atoms with Gasteiger partial charge < -0.3 is 4.57 Å². The molecule has 8 heteroatoms. The molecule has 1 heterocycles. The number of nitrogens with zero attached hydrogens (tertiary/aromatic N) is 2. The first-order chi connectivity index (χ1) is 16.6. The molecule has 0 aliphatic rings. The first-order valence-electron chi connectivity index (χ1n) is 10.4. The Morgan fingerprint density at radius 1 is 0.629 bits per heavy atom. The van der Waals surface area contributed by atoms with Crippen molar-refractivity contribution in [3.63, 3.8) is 0 Å². The summed E-state index contributed by atoms with van der Waals surface area (Å²) in [7, 11) is 0. The number of para-hydroxylation sites is 1. The van der Waals surface area contributed by atoms with Gasteiger partial charge in [-0.2, -0.15) is 31.6 Å². The Morgan fingerprint density at radius 3 is 1.63 bits per heavy atom. The molecule has 5 aromatic rings. The Kier molecular flexibility index (Phi) is 5.09. The van der Waals surface area contributed by atoms with Crippen LogP contribution in [0.1, 0.15) is 16.7 Å². The summed E-state index contributed by atoms with van der Waals surface area (Å²) in [6.45, 7) is 0. The van der Waals surface area contributed by atoms with E-state index in [1.165, 1.54) is 12.1 Å². The van der Waals surface area contributed by atoms with E-state index >= 15 is 0 Å². The number of rotatable bonds is 2. The zero-order valence-electron chi connectivity index (χ0n) is 17.7. The molecule has 2 nitrogen and oxygen atoms in total. The third-order valence-corrected chi connectivity index (χ3v) is 5.89. The lowest BCUT2D eigenvalue weighted by Gasteiger charge is -2.14. The maximum absolute atomic E-state index is 13.5. The van der Waals surface area contributed by atoms with Crippen LogP contribution in [0.5, 0.6) is 0 Å². The molecular weight excluding hydrogens is 466 g/mol. The maximum atomic E-state index is 13.5. The molecule has 0 spiro atoms. The van der Waals surface area contributed by atoms with Gasteiger partial charge in [-0.1, -0.05) is 30.3 Å². The molecule has 1 aromatic heterocycles. The number of nitriles is 1. The highest BCUT2D eigenvalue weighted by Gasteiger charge is 2.33. The average molecular weight is 480 g/mol. The van der Waals surface area contributed by atoms with Gasteiger partial charge in [-0.3, -0.25) is 0 Å². The number of alkyl halides is 6. The second-order valence-corrected chi connectivity index (χ2v) is 8.00. The largest absolute Gasteiger partial charge is 0.416 e. The zero-order valence-corrected chi connectivity index (χ0v) is 17.7. The molecule has 4 aromatic carbocycles. The number of hydrogen-bond donors (Lipinski definition) is 0. The van der Waals surface area contributed by atoms with Gasteiger partial charge in [-0.25, -0.2) is 0 Å². The summed E-state index contributed by atoms with van der Waals surface area (Å²) in [5.74, 6) is 0. The van der Waals surface area contributed by atoms with Crippen LogP contribution in [0.3, 0.4) is 0 Å². The Labute approximate surface area is 195 Å². The second-order valence-electron chi connectivity index (χ2n) is 8.00. The lowest BCUT2D eigenvalue weighted by Crippen LogP contribution is -2.04. The van der Waals surface area contributed by atoms with Gasteiger partial charge in [0.05, 0.1) is 39.5 Å². The second kappa shape index (κ2) is 7.91. The van der Waals surface area contributed by atoms with Crippen LogP contribution >= 0.6 is 0 Å². The molecule has 0 saturated carbocycles. The molecule has 0 atom stereocenters. The lowest BCUT2D eigenvalue weighted by molar-refractivity contribution is -0.138. The van der Waals surface area contributed by atoms with Crippen LogP contribution in [0.4, 0.5) is 26.3 Å². The van der Waals surface area contributed by atoms with E-state index in [0.717, 1.165) is 29.8 Å². The molecule has 0 saturated heterocycles. The molecule has 0 bridgehead atoms. The highest BCUT2D eigenvalue weighted by Crippen LogP contribution is 2.41. The zero-order chi connectivity index (χ0) is 25.0. The summed E-state index contributed by atoms with van der Waals surface area (Å²) in [4.78, 5) is 0. The van der Waals surface area contributed by atoms with Crippen LogP contribution in [0.2, 0.25) is 0 Å². The van der Waals surface area contributed by atoms with Crippen molar-refractivity contribution >= 4 is 21.8 Å². The van der Waals surface area contributed by atoms with Crippen molar-refractivity contribution in [2.45, 2.75) is 12.4 Å². The third-order valence-electron chi connectivity index (χ3n) is 5.89. The van der Waals surface area contributed by atoms with Gasteiger partial charge in [-0.05, 0) is 60.2 Å². The first kappa shape index (κ1) is 22.5. The Bertz CT molecular complexity index is 1550. The summed E-state index contributed by atoms with van der Waals surface area (Å²) in [5.41, 5.74) is 1.29. The molecule has 0 amide bonds. The quantitative estimate of drug-likeness (QED) is 0.233. The van der Waals surface area contributed by atoms with E-state index in [1.54, 1.807) is 47.0 Å². The minimum atomic E-state index is -4.65. The van der Waals surface area contributed by atoms with E-state index in [9.17, 15) is 26.3 Å². The number of hydrogen-bond acceptors (Lipinski definition) is 1. The number of aromatic nitrogens is 1. The van der Waals surface area contributed by atoms with Crippen molar-refractivity contribution in [1.82, 2.24) is 4.57 Å². The van der Waals surface area contributed by atoms with E-state index in [-0.39, 0.29) is 10.8 Å². The van der Waals surface area contributed by atoms with Crippen molar-refractivity contribution in [3.8, 4) is 22.9 Å². The van der Waals surface area contributed by atoms with Crippen LogP contribution in [0, 0.1) is 11.3 Å². The number of fused-ring (bicyclic) bond motifs is 3. The van der Waals surface area contributed by atoms with Crippen molar-refractivity contribution in [1.29, 1.82) is 5.26 Å². The molecule has 0 aliphatic heterocycles. The smallest absolute Gasteiger partial charge is 0.309 e. The molecule has 5 rings (SSSR count). The van der Waals surface area contributed by atoms with Gasteiger partial charge in [0, 0.05) is 16.3 Å². The van der Waals surface area contributed by atoms with E-state index in [2.05, 4.69) is 0 Å². The third kappa shape index (κ3) is 3.89. The Morgan fingerprint density at radius 2 is 1.14 bits per heavy atom. The minimum Gasteiger partial charge on any atom is -0.309 e. The van der Waals surface area contributed by atoms with Crippen molar-refractivity contribution < 1.29 is 26.3 Å². The van der Waals surface area contributed by atoms with Crippen LogP contribution in [-0.4, -0.2) is 4.57 Å². The van der Waals surface area contributed by atoms with Gasteiger partial charge in [-0.15, -0.1) is 0 Å². The fraction of sp³-hybridized carbons (Fsp3) is 0.0741. The monoisotopic (exact) mass is 480 g/mol. The standard InChI is InChI=1S/C27H14F6N2/c28-26(29,30)18-9-11-24-21(13-18)22-14-19(27(31,32)33)10-12-25(22)35(24)23-4-2-1-3-20(23)17-7-5-16(15-34)6-8-17/h1-14H. The van der Waals surface area contributed by atoms with Crippen LogP contribution in [0.15, 0.2) is 84.9 Å². The molecule has 174 valence electrons. The van der Waals surface area contributed by atoms with Crippen molar-refractivity contribution in [2.24, 2.45) is 0 Å². The van der Waals surface area contributed by atoms with Gasteiger partial charge in [0.2, 0.25) is 0 Å². The van der Waals surface area contributed by atoms with Crippen molar-refractivity contribution in [2.75, 3.05) is 0 Å². The van der Waals surface area contributed by atoms with Gasteiger partial charge in [0.15, 0.2) is 0 Å². The summed E-state index contributed by atoms with van der Waals surface area (Å²) in [6.07, 6.45) is -9.30. The highest BCUT2D eigenvalue weighted by molar-refractivity contribution is 6.10. The van der Waals surface area contributed by atoms with E-state index < -0.39 is 23.5 Å². The van der Waals surface area contributed by atoms with E-state index in [4.69, 9.17) is 5.26 Å². The predicted molar refractivity (Wildman–Crippen MR) is 121 cm³/mol. The minimum absolute atomic E-state index is 0.0653. The Balaban J connectivity index is 1.86. The van der Waals surface area contributed by atoms with Crippen LogP contribution in [-0.2, 0) is 12.4 Å². The van der Waals surface area contributed by atoms with Crippen LogP contribution < -0.4 is 0 Å². The first-order valence-corrected chi connectivity index (χ1v) is 10.4. The molecular formula is C27H14F6N2. The summed E-state index contributed by atoms with van der Waals surface area (Å²) >= 11 is 0. The SMILES string of the molecule is N#Cc1ccc(-c2ccccc2-n2c3ccc(C(F)(F)F)cc3c3cc(C(F)(F)F)ccc32)cc1. The number of halogens is 6. The summed E-state index contributed by atoms with van der Waals surface area (Å²) in [6, 6.07) is 22.1. The lowest BCUT2D eigenvalue weighted by atomic mass is 10.0. The predicted octanol–water partition coefficient (Wildman–Crippen LogP) is 8.36. The molecule has 0 fully saturated rings. The maximum Gasteiger partial charge on any atom is 0.416 e. The van der Waals surface area contributed by atoms with E-state index in [0.29, 0.717) is 27.8 Å². The van der Waals surface area contributed by atoms with Gasteiger partial charge >= 0.3 is 12.4 Å². The van der Waals surface area contributed by atoms with E-state index in [1.807, 2.05) is 12.1 Å². The van der Waals surface area contributed by atoms with Gasteiger partial charge in [0.25, 0.3) is 0 Å². The molecule has 35 heavy (non-hydrogen) atoms. The number of benzene rings is 4. The summed E-state index contributed by atoms with van der Waals surface area (Å²) < 4.78 is 82.4. The fourth-order valence-electron chi connectivity index (χ4n) is 4.27. The summed E-state index contributed by atoms with van der Waals surface area (Å²) in [5, 5.41) is 9.22. The Hall–Kier alpha value is -4.25. The van der Waals surface area contributed by atoms with Crippen LogP contribution in [0.25, 0.3) is 38.6 Å².